The van der Waals surface area contributed by atoms with Gasteiger partial charge in [0.2, 0.25) is 17.6 Å². The first-order valence-electron chi connectivity index (χ1n) is 13.6. The minimum Gasteiger partial charge on any atom is -0.453 e. The first kappa shape index (κ1) is 29.6. The zero-order valence-electron chi connectivity index (χ0n) is 23.7. The third-order valence-electron chi connectivity index (χ3n) is 7.26. The molecule has 0 unspecified atom stereocenters. The number of amides is 2. The van der Waals surface area contributed by atoms with Crippen molar-refractivity contribution in [3.05, 3.63) is 93.5 Å². The highest BCUT2D eigenvalue weighted by Crippen LogP contribution is 2.53. The third-order valence-corrected chi connectivity index (χ3v) is 7.51. The number of nitrogens with zero attached hydrogens (tertiary/aromatic N) is 4. The molecule has 2 heterocycles. The number of hydrogen-bond acceptors (Lipinski definition) is 9. The molecule has 1 atom stereocenters. The van der Waals surface area contributed by atoms with Crippen LogP contribution in [0.15, 0.2) is 70.0 Å². The van der Waals surface area contributed by atoms with Crippen molar-refractivity contribution in [1.29, 1.82) is 0 Å². The number of aromatic nitrogens is 4. The van der Waals surface area contributed by atoms with E-state index in [0.29, 0.717) is 16.5 Å². The van der Waals surface area contributed by atoms with Gasteiger partial charge in [-0.05, 0) is 36.5 Å². The highest BCUT2D eigenvalue weighted by molar-refractivity contribution is 6.30. The summed E-state index contributed by atoms with van der Waals surface area (Å²) in [6, 6.07) is 15.1. The van der Waals surface area contributed by atoms with Crippen molar-refractivity contribution in [2.75, 3.05) is 12.4 Å². The van der Waals surface area contributed by atoms with Gasteiger partial charge in [0.25, 0.3) is 11.4 Å². The molecule has 1 aliphatic carbocycles. The van der Waals surface area contributed by atoms with Gasteiger partial charge in [0, 0.05) is 10.6 Å². The maximum Gasteiger partial charge on any atom is 0.411 e. The first-order chi connectivity index (χ1) is 20.6. The molecule has 0 bridgehead atoms. The van der Waals surface area contributed by atoms with Crippen LogP contribution in [-0.4, -0.2) is 50.7 Å². The van der Waals surface area contributed by atoms with Crippen LogP contribution in [0.1, 0.15) is 48.8 Å². The monoisotopic (exact) mass is 604 g/mol. The van der Waals surface area contributed by atoms with Gasteiger partial charge in [-0.25, -0.2) is 9.78 Å². The topological polar surface area (TPSA) is 158 Å². The van der Waals surface area contributed by atoms with E-state index in [2.05, 4.69) is 30.6 Å². The Balaban J connectivity index is 1.38. The van der Waals surface area contributed by atoms with E-state index in [1.165, 1.54) is 6.20 Å². The summed E-state index contributed by atoms with van der Waals surface area (Å²) in [5.41, 5.74) is 0.203. The number of carbonyl (C=O) groups excluding carboxylic acids is 3. The molecule has 2 aromatic heterocycles. The Hall–Kier alpha value is -4.84. The van der Waals surface area contributed by atoms with Gasteiger partial charge in [0.15, 0.2) is 0 Å². The van der Waals surface area contributed by atoms with E-state index in [4.69, 9.17) is 16.0 Å². The van der Waals surface area contributed by atoms with Crippen molar-refractivity contribution in [2.45, 2.75) is 44.7 Å². The molecule has 2 amide bonds. The van der Waals surface area contributed by atoms with Crippen LogP contribution in [0.25, 0.3) is 11.4 Å². The molecule has 2 aromatic carbocycles. The molecule has 222 valence electrons. The minimum absolute atomic E-state index is 0.177. The number of rotatable bonds is 10. The number of ether oxygens (including phenoxy) is 1. The molecule has 0 spiro atoms. The third kappa shape index (κ3) is 6.19. The molecule has 43 heavy (non-hydrogen) atoms. The van der Waals surface area contributed by atoms with Gasteiger partial charge in [-0.3, -0.25) is 24.3 Å². The molecule has 13 heteroatoms. The minimum atomic E-state index is -1.02. The average molecular weight is 605 g/mol. The Kier molecular flexibility index (Phi) is 8.40. The highest BCUT2D eigenvalue weighted by Gasteiger charge is 2.51. The fraction of sp³-hybridized carbons (Fsp3) is 0.300. The van der Waals surface area contributed by atoms with E-state index in [1.807, 2.05) is 12.1 Å². The van der Waals surface area contributed by atoms with Crippen LogP contribution in [0, 0.1) is 5.92 Å². The molecule has 4 aromatic rings. The van der Waals surface area contributed by atoms with Crippen molar-refractivity contribution in [3.63, 3.8) is 0 Å². The zero-order chi connectivity index (χ0) is 30.7. The van der Waals surface area contributed by atoms with Crippen LogP contribution >= 0.6 is 11.6 Å². The standard InChI is InChI=1S/C30H29ClN6O6/c1-17(2)23(24(39)26-35-36-28(43-26)30(13-14-30)19-9-11-20(31)12-10-19)34-22(38)16-37-25(18-7-5-4-6-8-18)32-15-21(27(37)40)33-29(41)42-3/h4-12,15,17,23H,13-14,16H2,1-3H3,(H,33,41)(H,34,38)/t23-/m0/s1. The normalized spacial score (nSPS) is 14.2. The summed E-state index contributed by atoms with van der Waals surface area (Å²) in [6.45, 7) is 3.04. The predicted molar refractivity (Wildman–Crippen MR) is 157 cm³/mol. The summed E-state index contributed by atoms with van der Waals surface area (Å²) in [5, 5.41) is 13.8. The summed E-state index contributed by atoms with van der Waals surface area (Å²) < 4.78 is 11.6. The smallest absolute Gasteiger partial charge is 0.411 e. The van der Waals surface area contributed by atoms with E-state index >= 15 is 0 Å². The summed E-state index contributed by atoms with van der Waals surface area (Å²) in [4.78, 5) is 56.2. The van der Waals surface area contributed by atoms with Crippen molar-refractivity contribution >= 4 is 35.1 Å². The summed E-state index contributed by atoms with van der Waals surface area (Å²) in [7, 11) is 1.16. The number of anilines is 1. The second-order valence-electron chi connectivity index (χ2n) is 10.5. The van der Waals surface area contributed by atoms with Crippen molar-refractivity contribution < 1.29 is 23.5 Å². The molecule has 1 fully saturated rings. The van der Waals surface area contributed by atoms with Crippen molar-refractivity contribution in [2.24, 2.45) is 5.92 Å². The summed E-state index contributed by atoms with van der Waals surface area (Å²) in [5.74, 6) is -1.24. The Morgan fingerprint density at radius 1 is 1.07 bits per heavy atom. The maximum absolute atomic E-state index is 13.5. The fourth-order valence-electron chi connectivity index (χ4n) is 4.77. The number of halogens is 1. The van der Waals surface area contributed by atoms with Crippen LogP contribution in [0.4, 0.5) is 10.5 Å². The van der Waals surface area contributed by atoms with Crippen LogP contribution in [0.5, 0.6) is 0 Å². The summed E-state index contributed by atoms with van der Waals surface area (Å²) in [6.07, 6.45) is 1.90. The van der Waals surface area contributed by atoms with Gasteiger partial charge >= 0.3 is 6.09 Å². The molecule has 5 rings (SSSR count). The van der Waals surface area contributed by atoms with E-state index in [0.717, 1.165) is 30.1 Å². The van der Waals surface area contributed by atoms with Gasteiger partial charge in [-0.1, -0.05) is 67.9 Å². The largest absolute Gasteiger partial charge is 0.453 e. The Morgan fingerprint density at radius 2 is 1.77 bits per heavy atom. The van der Waals surface area contributed by atoms with Gasteiger partial charge in [-0.15, -0.1) is 10.2 Å². The SMILES string of the molecule is COC(=O)Nc1cnc(-c2ccccc2)n(CC(=O)N[C@H](C(=O)c2nnc(C3(c4ccc(Cl)cc4)CC3)o2)C(C)C)c1=O. The molecule has 1 saturated carbocycles. The molecular formula is C30H29ClN6O6. The van der Waals surface area contributed by atoms with Crippen LogP contribution < -0.4 is 16.2 Å². The second kappa shape index (κ2) is 12.2. The van der Waals surface area contributed by atoms with Gasteiger partial charge in [0.1, 0.15) is 18.1 Å². The first-order valence-corrected chi connectivity index (χ1v) is 13.9. The number of hydrogen-bond donors (Lipinski definition) is 2. The lowest BCUT2D eigenvalue weighted by Crippen LogP contribution is -2.46. The lowest BCUT2D eigenvalue weighted by Gasteiger charge is -2.21. The Bertz CT molecular complexity index is 1710. The molecule has 1 aliphatic rings. The summed E-state index contributed by atoms with van der Waals surface area (Å²) >= 11 is 6.04. The number of methoxy groups -OCH3 is 1. The molecule has 0 saturated heterocycles. The van der Waals surface area contributed by atoms with E-state index < -0.39 is 41.3 Å². The van der Waals surface area contributed by atoms with Crippen LogP contribution in [-0.2, 0) is 21.5 Å². The van der Waals surface area contributed by atoms with Crippen LogP contribution in [0.3, 0.4) is 0 Å². The van der Waals surface area contributed by atoms with Crippen molar-refractivity contribution in [3.8, 4) is 11.4 Å². The Labute approximate surface area is 251 Å². The molecule has 12 nitrogen and oxygen atoms in total. The maximum atomic E-state index is 13.5. The number of benzene rings is 2. The fourth-order valence-corrected chi connectivity index (χ4v) is 4.90. The quantitative estimate of drug-likeness (QED) is 0.253. The number of Topliss-reactive ketones (excluding diaryl/α,β-unsaturated/α-hetero) is 1. The van der Waals surface area contributed by atoms with E-state index in [-0.39, 0.29) is 23.3 Å². The van der Waals surface area contributed by atoms with E-state index in [1.54, 1.807) is 56.3 Å². The molecule has 0 aliphatic heterocycles. The second-order valence-corrected chi connectivity index (χ2v) is 11.0. The molecule has 0 radical (unpaired) electrons. The molecule has 2 N–H and O–H groups in total. The zero-order valence-corrected chi connectivity index (χ0v) is 24.4. The average Bonchev–Trinajstić information content (AvgIpc) is 3.66. The number of carbonyl (C=O) groups is 3. The van der Waals surface area contributed by atoms with Gasteiger partial charge in [-0.2, -0.15) is 0 Å². The van der Waals surface area contributed by atoms with Crippen molar-refractivity contribution in [1.82, 2.24) is 25.1 Å². The number of ketones is 1. The lowest BCUT2D eigenvalue weighted by molar-refractivity contribution is -0.122. The lowest BCUT2D eigenvalue weighted by atomic mass is 9.96. The molecular weight excluding hydrogens is 576 g/mol. The number of nitrogens with one attached hydrogen (secondary N) is 2. The predicted octanol–water partition coefficient (Wildman–Crippen LogP) is 4.23. The van der Waals surface area contributed by atoms with E-state index in [9.17, 15) is 19.2 Å². The highest BCUT2D eigenvalue weighted by atomic mass is 35.5. The Morgan fingerprint density at radius 3 is 2.40 bits per heavy atom. The van der Waals surface area contributed by atoms with Crippen LogP contribution in [0.2, 0.25) is 5.02 Å². The van der Waals surface area contributed by atoms with Gasteiger partial charge < -0.3 is 14.5 Å². The van der Waals surface area contributed by atoms with Gasteiger partial charge in [0.05, 0.1) is 24.8 Å².